The highest BCUT2D eigenvalue weighted by Gasteiger charge is 2.34. The second-order valence-corrected chi connectivity index (χ2v) is 10.3. The third kappa shape index (κ3) is 5.90. The maximum atomic E-state index is 13.8. The minimum Gasteiger partial charge on any atom is -0.491 e. The molecule has 4 rings (SSSR count). The van der Waals surface area contributed by atoms with Crippen molar-refractivity contribution in [3.05, 3.63) is 87.4 Å². The van der Waals surface area contributed by atoms with Crippen LogP contribution in [-0.4, -0.2) is 47.9 Å². The molecule has 0 N–H and O–H groups in total. The largest absolute Gasteiger partial charge is 0.491 e. The first-order chi connectivity index (χ1) is 16.8. The summed E-state index contributed by atoms with van der Waals surface area (Å²) < 4.78 is 19.9. The molecule has 2 heterocycles. The molecule has 7 heteroatoms. The van der Waals surface area contributed by atoms with Gasteiger partial charge in [0, 0.05) is 23.5 Å². The third-order valence-electron chi connectivity index (χ3n) is 6.18. The van der Waals surface area contributed by atoms with Gasteiger partial charge >= 0.3 is 0 Å². The Morgan fingerprint density at radius 3 is 2.71 bits per heavy atom. The van der Waals surface area contributed by atoms with Gasteiger partial charge in [0.15, 0.2) is 0 Å². The van der Waals surface area contributed by atoms with E-state index in [-0.39, 0.29) is 35.9 Å². The van der Waals surface area contributed by atoms with Crippen molar-refractivity contribution in [1.82, 2.24) is 9.80 Å². The van der Waals surface area contributed by atoms with Crippen LogP contribution in [0.3, 0.4) is 0 Å². The topological polar surface area (TPSA) is 49.9 Å². The number of nitrogens with zero attached hydrogens (tertiary/aromatic N) is 2. The fourth-order valence-corrected chi connectivity index (χ4v) is 5.41. The van der Waals surface area contributed by atoms with Gasteiger partial charge in [0.25, 0.3) is 5.91 Å². The van der Waals surface area contributed by atoms with E-state index in [1.165, 1.54) is 28.0 Å². The quantitative estimate of drug-likeness (QED) is 0.416. The van der Waals surface area contributed by atoms with Crippen LogP contribution < -0.4 is 4.74 Å². The number of para-hydroxylation sites is 1. The maximum absolute atomic E-state index is 13.8. The molecule has 0 unspecified atom stereocenters. The standard InChI is InChI=1S/C28H31FN2O3S/c1-19(2)16-30(28(33)21-8-6-9-22(29)15-21)17-27(32)31-13-11-26-23(12-14-35-26)24(31)18-34-25-10-5-4-7-20(25)3/h4-10,12,14-15,19,24H,11,13,16-18H2,1-3H3/t24-/m0/s1. The lowest BCUT2D eigenvalue weighted by atomic mass is 10.00. The first-order valence-corrected chi connectivity index (χ1v) is 12.8. The van der Waals surface area contributed by atoms with Gasteiger partial charge in [-0.2, -0.15) is 0 Å². The molecule has 1 aliphatic heterocycles. The fraction of sp³-hybridized carbons (Fsp3) is 0.357. The molecular formula is C28H31FN2O3S. The average molecular weight is 495 g/mol. The summed E-state index contributed by atoms with van der Waals surface area (Å²) in [5.41, 5.74) is 2.39. The van der Waals surface area contributed by atoms with E-state index in [1.54, 1.807) is 17.4 Å². The van der Waals surface area contributed by atoms with E-state index in [1.807, 2.05) is 49.9 Å². The summed E-state index contributed by atoms with van der Waals surface area (Å²) in [5, 5.41) is 2.05. The van der Waals surface area contributed by atoms with Crippen molar-refractivity contribution in [1.29, 1.82) is 0 Å². The van der Waals surface area contributed by atoms with Gasteiger partial charge in [-0.1, -0.05) is 38.1 Å². The highest BCUT2D eigenvalue weighted by atomic mass is 32.1. The van der Waals surface area contributed by atoms with Crippen LogP contribution in [0.4, 0.5) is 4.39 Å². The van der Waals surface area contributed by atoms with E-state index in [0.717, 1.165) is 23.3 Å². The first-order valence-electron chi connectivity index (χ1n) is 11.9. The predicted molar refractivity (Wildman–Crippen MR) is 136 cm³/mol. The molecule has 0 fully saturated rings. The minimum atomic E-state index is -0.471. The Morgan fingerprint density at radius 2 is 1.97 bits per heavy atom. The number of ether oxygens (including phenoxy) is 1. The second kappa shape index (κ2) is 11.0. The van der Waals surface area contributed by atoms with E-state index in [2.05, 4.69) is 11.4 Å². The molecule has 1 aliphatic rings. The van der Waals surface area contributed by atoms with Gasteiger partial charge in [-0.3, -0.25) is 9.59 Å². The normalized spacial score (nSPS) is 15.1. The van der Waals surface area contributed by atoms with Gasteiger partial charge in [-0.15, -0.1) is 11.3 Å². The van der Waals surface area contributed by atoms with E-state index in [0.29, 0.717) is 19.7 Å². The Balaban J connectivity index is 1.55. The fourth-order valence-electron chi connectivity index (χ4n) is 4.48. The lowest BCUT2D eigenvalue weighted by Crippen LogP contribution is -2.48. The Labute approximate surface area is 210 Å². The van der Waals surface area contributed by atoms with Crippen LogP contribution in [0.25, 0.3) is 0 Å². The molecule has 0 saturated carbocycles. The zero-order valence-corrected chi connectivity index (χ0v) is 21.2. The van der Waals surface area contributed by atoms with Crippen LogP contribution in [-0.2, 0) is 11.2 Å². The second-order valence-electron chi connectivity index (χ2n) is 9.32. The smallest absolute Gasteiger partial charge is 0.254 e. The van der Waals surface area contributed by atoms with Crippen LogP contribution >= 0.6 is 11.3 Å². The molecule has 0 bridgehead atoms. The number of thiophene rings is 1. The number of hydrogen-bond acceptors (Lipinski definition) is 4. The van der Waals surface area contributed by atoms with Crippen LogP contribution in [0, 0.1) is 18.7 Å². The number of fused-ring (bicyclic) bond motifs is 1. The Morgan fingerprint density at radius 1 is 1.17 bits per heavy atom. The van der Waals surface area contributed by atoms with Gasteiger partial charge in [0.1, 0.15) is 24.7 Å². The first kappa shape index (κ1) is 24.9. The average Bonchev–Trinajstić information content (AvgIpc) is 3.31. The van der Waals surface area contributed by atoms with Gasteiger partial charge in [-0.25, -0.2) is 4.39 Å². The molecule has 0 saturated heterocycles. The molecular weight excluding hydrogens is 463 g/mol. The monoisotopic (exact) mass is 494 g/mol. The highest BCUT2D eigenvalue weighted by Crippen LogP contribution is 2.34. The van der Waals surface area contributed by atoms with Crippen molar-refractivity contribution < 1.29 is 18.7 Å². The number of halogens is 1. The summed E-state index contributed by atoms with van der Waals surface area (Å²) in [7, 11) is 0. The van der Waals surface area contributed by atoms with E-state index in [9.17, 15) is 14.0 Å². The number of carbonyl (C=O) groups is 2. The lowest BCUT2D eigenvalue weighted by molar-refractivity contribution is -0.135. The molecule has 2 amide bonds. The summed E-state index contributed by atoms with van der Waals surface area (Å²) in [6.45, 7) is 7.23. The molecule has 0 aliphatic carbocycles. The molecule has 0 radical (unpaired) electrons. The Hall–Kier alpha value is -3.19. The summed E-state index contributed by atoms with van der Waals surface area (Å²) in [6, 6.07) is 15.3. The van der Waals surface area contributed by atoms with Gasteiger partial charge in [0.2, 0.25) is 5.91 Å². The number of hydrogen-bond donors (Lipinski definition) is 0. The van der Waals surface area contributed by atoms with E-state index < -0.39 is 5.82 Å². The molecule has 1 aromatic heterocycles. The summed E-state index contributed by atoms with van der Waals surface area (Å²) in [6.07, 6.45) is 0.779. The summed E-state index contributed by atoms with van der Waals surface area (Å²) in [4.78, 5) is 31.5. The third-order valence-corrected chi connectivity index (χ3v) is 7.17. The number of carbonyl (C=O) groups excluding carboxylic acids is 2. The van der Waals surface area contributed by atoms with E-state index >= 15 is 0 Å². The van der Waals surface area contributed by atoms with Gasteiger partial charge in [0.05, 0.1) is 6.04 Å². The van der Waals surface area contributed by atoms with Crippen LogP contribution in [0.1, 0.15) is 46.3 Å². The Bertz CT molecular complexity index is 1190. The predicted octanol–water partition coefficient (Wildman–Crippen LogP) is 5.50. The Kier molecular flexibility index (Phi) is 7.86. The van der Waals surface area contributed by atoms with E-state index in [4.69, 9.17) is 4.74 Å². The SMILES string of the molecule is Cc1ccccc1OC[C@H]1c2ccsc2CCN1C(=O)CN(CC(C)C)C(=O)c1cccc(F)c1. The van der Waals surface area contributed by atoms with Crippen LogP contribution in [0.5, 0.6) is 5.75 Å². The van der Waals surface area contributed by atoms with Crippen LogP contribution in [0.2, 0.25) is 0 Å². The van der Waals surface area contributed by atoms with Crippen molar-refractivity contribution >= 4 is 23.2 Å². The maximum Gasteiger partial charge on any atom is 0.254 e. The van der Waals surface area contributed by atoms with Gasteiger partial charge in [-0.05, 0) is 66.1 Å². The van der Waals surface area contributed by atoms with Crippen molar-refractivity contribution in [3.63, 3.8) is 0 Å². The minimum absolute atomic E-state index is 0.0616. The number of amides is 2. The van der Waals surface area contributed by atoms with Crippen LogP contribution in [0.15, 0.2) is 60.0 Å². The number of rotatable bonds is 8. The highest BCUT2D eigenvalue weighted by molar-refractivity contribution is 7.10. The summed E-state index contributed by atoms with van der Waals surface area (Å²) >= 11 is 1.70. The lowest BCUT2D eigenvalue weighted by Gasteiger charge is -2.37. The molecule has 1 atom stereocenters. The van der Waals surface area contributed by atoms with Crippen molar-refractivity contribution in [2.45, 2.75) is 33.2 Å². The zero-order valence-electron chi connectivity index (χ0n) is 20.4. The molecule has 5 nitrogen and oxygen atoms in total. The molecule has 184 valence electrons. The molecule has 2 aromatic carbocycles. The van der Waals surface area contributed by atoms with Crippen molar-refractivity contribution in [2.24, 2.45) is 5.92 Å². The number of aryl methyl sites for hydroxylation is 1. The molecule has 35 heavy (non-hydrogen) atoms. The molecule has 0 spiro atoms. The van der Waals surface area contributed by atoms with Crippen molar-refractivity contribution in [3.8, 4) is 5.75 Å². The molecule has 3 aromatic rings. The number of benzene rings is 2. The van der Waals surface area contributed by atoms with Crippen molar-refractivity contribution in [2.75, 3.05) is 26.2 Å². The van der Waals surface area contributed by atoms with Gasteiger partial charge < -0.3 is 14.5 Å². The zero-order chi connectivity index (χ0) is 24.9. The summed E-state index contributed by atoms with van der Waals surface area (Å²) in [5.74, 6) is 0.00883.